The van der Waals surface area contributed by atoms with Crippen molar-refractivity contribution in [3.63, 3.8) is 0 Å². The van der Waals surface area contributed by atoms with E-state index in [0.29, 0.717) is 25.7 Å². The van der Waals surface area contributed by atoms with Gasteiger partial charge in [0.2, 0.25) is 0 Å². The molecule has 0 saturated carbocycles. The van der Waals surface area contributed by atoms with E-state index < -0.39 is 97.5 Å². The summed E-state index contributed by atoms with van der Waals surface area (Å²) in [5.74, 6) is -2.24. The highest BCUT2D eigenvalue weighted by Gasteiger charge is 2.30. The molecule has 0 aromatic rings. The van der Waals surface area contributed by atoms with E-state index in [0.717, 1.165) is 212 Å². The van der Waals surface area contributed by atoms with Crippen molar-refractivity contribution in [2.75, 3.05) is 39.6 Å². The lowest BCUT2D eigenvalue weighted by atomic mass is 10.1. The number of aliphatic hydroxyl groups excluding tert-OH is 1. The van der Waals surface area contributed by atoms with Crippen LogP contribution in [0.4, 0.5) is 0 Å². The monoisotopic (exact) mass is 1550 g/mol. The molecule has 0 fully saturated rings. The number of carbonyl (C=O) groups excluding carboxylic acids is 4. The van der Waals surface area contributed by atoms with Crippen LogP contribution in [0.2, 0.25) is 0 Å². The molecule has 3 N–H and O–H groups in total. The number of phosphoric ester groups is 2. The van der Waals surface area contributed by atoms with Crippen molar-refractivity contribution in [2.24, 2.45) is 0 Å². The van der Waals surface area contributed by atoms with Crippen LogP contribution in [-0.2, 0) is 65.4 Å². The van der Waals surface area contributed by atoms with E-state index in [9.17, 15) is 43.2 Å². The summed E-state index contributed by atoms with van der Waals surface area (Å²) in [4.78, 5) is 73.2. The van der Waals surface area contributed by atoms with E-state index in [2.05, 4.69) is 174 Å². The minimum Gasteiger partial charge on any atom is -0.462 e. The SMILES string of the molecule is CC/C=C\C/C=C\C/C=C\C/C=C\C/C=C\CCCCCC(=O)OCC(COP(=O)(O)OCC(O)COP(=O)(O)OCC(COC(=O)CCCCCCCC/C=C\C/C=C\C/C=C\CCCCC)OC(=O)CCCCCCC/C=C\CCCCCC)OC(=O)CCCCCCCCC/C=C\C/C=C\C/C=C\CC. The van der Waals surface area contributed by atoms with E-state index in [4.69, 9.17) is 37.0 Å². The molecule has 0 aliphatic heterocycles. The van der Waals surface area contributed by atoms with E-state index >= 15 is 0 Å². The zero-order valence-corrected chi connectivity index (χ0v) is 69.5. The fourth-order valence-corrected chi connectivity index (χ4v) is 12.5. The fraction of sp³-hybridized carbons (Fsp3) is 0.685. The standard InChI is InChI=1S/C89H150O17P2/c1-5-9-13-17-21-25-29-33-36-39-41-44-46-50-53-57-61-65-69-73-86(91)99-79-84(105-88(93)75-71-67-63-59-55-49-32-28-24-20-16-12-8-4)81-103-107(95,96)101-77-83(90)78-102-108(97,98)104-82-85(106-89(94)76-72-68-64-60-56-52-48-43-38-35-31-27-23-19-15-11-7-3)80-100-87(92)74-70-66-62-58-54-51-47-45-42-40-37-34-30-26-22-18-14-10-6-2/h10-11,14-15,21-23,25-28,32-38,41-42,44-45,51,54,83-85,90H,5-9,12-13,16-20,24,29-31,39-40,43,46-50,52-53,55-82H2,1-4H3,(H,95,96)(H,97,98)/b14-10-,15-11-,25-21-,26-22-,27-23-,32-28-,36-33-,37-34-,38-35-,44-41-,45-42-,54-51-. The summed E-state index contributed by atoms with van der Waals surface area (Å²) in [6, 6.07) is 0. The number of carbonyl (C=O) groups is 4. The molecule has 0 saturated heterocycles. The minimum absolute atomic E-state index is 0.0717. The van der Waals surface area contributed by atoms with Crippen molar-refractivity contribution < 1.29 is 80.2 Å². The number of phosphoric acid groups is 2. The zero-order chi connectivity index (χ0) is 78.9. The van der Waals surface area contributed by atoms with Gasteiger partial charge in [-0.05, 0) is 167 Å². The third-order valence-electron chi connectivity index (χ3n) is 17.3. The number of esters is 4. The van der Waals surface area contributed by atoms with Crippen molar-refractivity contribution in [3.8, 4) is 0 Å². The molecule has 0 rings (SSSR count). The fourth-order valence-electron chi connectivity index (χ4n) is 10.9. The molecule has 5 unspecified atom stereocenters. The van der Waals surface area contributed by atoms with E-state index in [1.54, 1.807) is 0 Å². The molecule has 0 aromatic carbocycles. The average Bonchev–Trinajstić information content (AvgIpc) is 0.886. The lowest BCUT2D eigenvalue weighted by Crippen LogP contribution is -2.30. The zero-order valence-electron chi connectivity index (χ0n) is 67.7. The Balaban J connectivity index is 5.41. The number of aliphatic hydroxyl groups is 1. The van der Waals surface area contributed by atoms with Crippen LogP contribution in [0.5, 0.6) is 0 Å². The van der Waals surface area contributed by atoms with Gasteiger partial charge in [-0.1, -0.05) is 289 Å². The van der Waals surface area contributed by atoms with Crippen molar-refractivity contribution in [1.29, 1.82) is 0 Å². The Labute approximate surface area is 656 Å². The Morgan fingerprint density at radius 1 is 0.269 bits per heavy atom. The summed E-state index contributed by atoms with van der Waals surface area (Å²) in [5, 5.41) is 10.7. The Morgan fingerprint density at radius 3 is 0.778 bits per heavy atom. The van der Waals surface area contributed by atoms with Crippen LogP contribution in [0.25, 0.3) is 0 Å². The predicted molar refractivity (Wildman–Crippen MR) is 445 cm³/mol. The number of ether oxygens (including phenoxy) is 4. The number of rotatable bonds is 78. The number of hydrogen-bond acceptors (Lipinski definition) is 15. The normalized spacial score (nSPS) is 14.5. The van der Waals surface area contributed by atoms with Crippen molar-refractivity contribution in [1.82, 2.24) is 0 Å². The summed E-state index contributed by atoms with van der Waals surface area (Å²) >= 11 is 0. The molecule has 17 nitrogen and oxygen atoms in total. The van der Waals surface area contributed by atoms with Crippen molar-refractivity contribution >= 4 is 39.5 Å². The molecule has 0 radical (unpaired) electrons. The Kier molecular flexibility index (Phi) is 76.3. The summed E-state index contributed by atoms with van der Waals surface area (Å²) < 4.78 is 68.7. The highest BCUT2D eigenvalue weighted by molar-refractivity contribution is 7.47. The first kappa shape index (κ1) is 103. The van der Waals surface area contributed by atoms with Gasteiger partial charge in [-0.3, -0.25) is 37.3 Å². The van der Waals surface area contributed by atoms with Gasteiger partial charge in [0, 0.05) is 25.7 Å². The molecule has 0 aliphatic rings. The second kappa shape index (κ2) is 80.0. The molecule has 0 aromatic heterocycles. The third kappa shape index (κ3) is 79.0. The van der Waals surface area contributed by atoms with E-state index in [1.165, 1.54) is 44.9 Å². The maximum Gasteiger partial charge on any atom is 0.472 e. The topological polar surface area (TPSA) is 237 Å². The molecular weight excluding hydrogens is 1400 g/mol. The smallest absolute Gasteiger partial charge is 0.462 e. The first-order valence-electron chi connectivity index (χ1n) is 42.1. The second-order valence-electron chi connectivity index (χ2n) is 27.6. The summed E-state index contributed by atoms with van der Waals surface area (Å²) in [7, 11) is -9.99. The van der Waals surface area contributed by atoms with Crippen LogP contribution in [-0.4, -0.2) is 96.7 Å². The molecule has 0 heterocycles. The summed E-state index contributed by atoms with van der Waals surface area (Å²) in [6.07, 6.45) is 92.4. The quantitative estimate of drug-likeness (QED) is 0.0169. The van der Waals surface area contributed by atoms with Gasteiger partial charge in [0.05, 0.1) is 26.4 Å². The first-order valence-corrected chi connectivity index (χ1v) is 45.1. The number of unbranched alkanes of at least 4 members (excludes halogenated alkanes) is 28. The lowest BCUT2D eigenvalue weighted by Gasteiger charge is -2.21. The van der Waals surface area contributed by atoms with Gasteiger partial charge in [-0.25, -0.2) is 9.13 Å². The molecular formula is C89H150O17P2. The van der Waals surface area contributed by atoms with Gasteiger partial charge in [0.15, 0.2) is 12.2 Å². The van der Waals surface area contributed by atoms with Crippen LogP contribution in [0, 0.1) is 0 Å². The number of allylic oxidation sites excluding steroid dienone is 24. The maximum absolute atomic E-state index is 13.1. The minimum atomic E-state index is -5.00. The van der Waals surface area contributed by atoms with Gasteiger partial charge < -0.3 is 33.8 Å². The molecule has 618 valence electrons. The van der Waals surface area contributed by atoms with Gasteiger partial charge in [-0.15, -0.1) is 0 Å². The predicted octanol–water partition coefficient (Wildman–Crippen LogP) is 25.0. The molecule has 19 heteroatoms. The molecule has 5 atom stereocenters. The third-order valence-corrected chi connectivity index (χ3v) is 19.2. The second-order valence-corrected chi connectivity index (χ2v) is 30.6. The highest BCUT2D eigenvalue weighted by Crippen LogP contribution is 2.45. The molecule has 0 bridgehead atoms. The van der Waals surface area contributed by atoms with E-state index in [-0.39, 0.29) is 25.7 Å². The van der Waals surface area contributed by atoms with Crippen LogP contribution >= 0.6 is 15.6 Å². The van der Waals surface area contributed by atoms with Crippen LogP contribution in [0.1, 0.15) is 336 Å². The van der Waals surface area contributed by atoms with Gasteiger partial charge in [0.25, 0.3) is 0 Å². The highest BCUT2D eigenvalue weighted by atomic mass is 31.2. The van der Waals surface area contributed by atoms with Gasteiger partial charge >= 0.3 is 39.5 Å². The largest absolute Gasteiger partial charge is 0.472 e. The van der Waals surface area contributed by atoms with Crippen LogP contribution in [0.3, 0.4) is 0 Å². The Hall–Kier alpha value is -5.06. The molecule has 0 amide bonds. The van der Waals surface area contributed by atoms with E-state index in [1.807, 2.05) is 0 Å². The summed E-state index contributed by atoms with van der Waals surface area (Å²) in [6.45, 7) is 4.56. The molecule has 0 spiro atoms. The summed E-state index contributed by atoms with van der Waals surface area (Å²) in [5.41, 5.74) is 0. The lowest BCUT2D eigenvalue weighted by molar-refractivity contribution is -0.161. The van der Waals surface area contributed by atoms with Gasteiger partial charge in [-0.2, -0.15) is 0 Å². The van der Waals surface area contributed by atoms with Gasteiger partial charge in [0.1, 0.15) is 19.3 Å². The Morgan fingerprint density at radius 2 is 0.481 bits per heavy atom. The van der Waals surface area contributed by atoms with Crippen LogP contribution in [0.15, 0.2) is 146 Å². The number of hydrogen-bond donors (Lipinski definition) is 3. The average molecular weight is 1550 g/mol. The first-order chi connectivity index (χ1) is 52.7. The van der Waals surface area contributed by atoms with Crippen molar-refractivity contribution in [3.05, 3.63) is 146 Å². The Bertz CT molecular complexity index is 2610. The maximum atomic E-state index is 13.1. The molecule has 0 aliphatic carbocycles. The van der Waals surface area contributed by atoms with Crippen molar-refractivity contribution in [2.45, 2.75) is 354 Å². The van der Waals surface area contributed by atoms with Crippen LogP contribution < -0.4 is 0 Å². The molecule has 108 heavy (non-hydrogen) atoms.